The Balaban J connectivity index is 1.59. The van der Waals surface area contributed by atoms with Crippen LogP contribution in [0.1, 0.15) is 48.9 Å². The maximum atomic E-state index is 14.8. The molecule has 34 heavy (non-hydrogen) atoms. The lowest BCUT2D eigenvalue weighted by molar-refractivity contribution is -0.139. The molecule has 0 saturated carbocycles. The van der Waals surface area contributed by atoms with E-state index in [-0.39, 0.29) is 37.2 Å². The summed E-state index contributed by atoms with van der Waals surface area (Å²) >= 11 is 0. The van der Waals surface area contributed by atoms with E-state index in [0.717, 1.165) is 5.56 Å². The minimum absolute atomic E-state index is 0.0221. The molecule has 1 saturated heterocycles. The number of likely N-dealkylation sites (tertiary alicyclic amines) is 1. The van der Waals surface area contributed by atoms with Crippen molar-refractivity contribution in [2.24, 2.45) is 0 Å². The van der Waals surface area contributed by atoms with Gasteiger partial charge in [-0.3, -0.25) is 9.59 Å². The molecule has 178 valence electrons. The van der Waals surface area contributed by atoms with Gasteiger partial charge >= 0.3 is 0 Å². The van der Waals surface area contributed by atoms with E-state index in [4.69, 9.17) is 0 Å². The van der Waals surface area contributed by atoms with Gasteiger partial charge < -0.3 is 14.8 Å². The van der Waals surface area contributed by atoms with Crippen molar-refractivity contribution in [1.29, 1.82) is 0 Å². The Bertz CT molecular complexity index is 1130. The van der Waals surface area contributed by atoms with Gasteiger partial charge in [0.2, 0.25) is 11.8 Å². The summed E-state index contributed by atoms with van der Waals surface area (Å²) in [6.07, 6.45) is 3.31. The van der Waals surface area contributed by atoms with E-state index in [0.29, 0.717) is 11.1 Å². The first-order chi connectivity index (χ1) is 16.3. The number of carbonyl (C=O) groups is 2. The lowest BCUT2D eigenvalue weighted by atomic mass is 9.94. The zero-order valence-corrected chi connectivity index (χ0v) is 19.2. The number of hydrogen-bond acceptors (Lipinski definition) is 3. The first-order valence-electron chi connectivity index (χ1n) is 11.4. The fraction of sp³-hybridized carbons (Fsp3) is 0.346. The summed E-state index contributed by atoms with van der Waals surface area (Å²) in [4.78, 5) is 31.4. The van der Waals surface area contributed by atoms with Gasteiger partial charge in [0.1, 0.15) is 24.6 Å². The quantitative estimate of drug-likeness (QED) is 0.573. The number of carbonyl (C=O) groups excluding carboxylic acids is 2. The molecular formula is C26H28F2N4O2. The molecule has 2 amide bonds. The molecule has 1 aliphatic rings. The molecular weight excluding hydrogens is 438 g/mol. The average Bonchev–Trinajstić information content (AvgIpc) is 3.47. The Morgan fingerprint density at radius 1 is 1.15 bits per heavy atom. The van der Waals surface area contributed by atoms with E-state index in [9.17, 15) is 18.4 Å². The minimum Gasteiger partial charge on any atom is -0.343 e. The van der Waals surface area contributed by atoms with Crippen LogP contribution in [-0.4, -0.2) is 45.0 Å². The molecule has 0 spiro atoms. The lowest BCUT2D eigenvalue weighted by Gasteiger charge is -2.27. The van der Waals surface area contributed by atoms with Crippen LogP contribution in [0.15, 0.2) is 67.3 Å². The molecule has 2 heterocycles. The molecule has 1 N–H and O–H groups in total. The SMILES string of the molecule is CC(C)c1ccc(C(NC(=O)C2CC(F)CN2C(=O)Cn2ccnc2)c2ccccc2)cc1F. The van der Waals surface area contributed by atoms with Crippen molar-refractivity contribution < 1.29 is 18.4 Å². The third-order valence-electron chi connectivity index (χ3n) is 6.15. The lowest BCUT2D eigenvalue weighted by Crippen LogP contribution is -2.47. The van der Waals surface area contributed by atoms with Gasteiger partial charge in [-0.2, -0.15) is 0 Å². The van der Waals surface area contributed by atoms with Crippen LogP contribution in [0.25, 0.3) is 0 Å². The highest BCUT2D eigenvalue weighted by Crippen LogP contribution is 2.28. The molecule has 2 aromatic carbocycles. The molecule has 1 fully saturated rings. The summed E-state index contributed by atoms with van der Waals surface area (Å²) in [5.41, 5.74) is 1.93. The Hall–Kier alpha value is -3.55. The van der Waals surface area contributed by atoms with Gasteiger partial charge in [0.05, 0.1) is 18.9 Å². The topological polar surface area (TPSA) is 67.2 Å². The van der Waals surface area contributed by atoms with E-state index >= 15 is 0 Å². The van der Waals surface area contributed by atoms with Gasteiger partial charge in [-0.25, -0.2) is 13.8 Å². The number of alkyl halides is 1. The Morgan fingerprint density at radius 3 is 2.56 bits per heavy atom. The first kappa shape index (κ1) is 23.6. The predicted molar refractivity (Wildman–Crippen MR) is 124 cm³/mol. The van der Waals surface area contributed by atoms with Crippen molar-refractivity contribution >= 4 is 11.8 Å². The average molecular weight is 467 g/mol. The fourth-order valence-corrected chi connectivity index (χ4v) is 4.37. The number of rotatable bonds is 7. The van der Waals surface area contributed by atoms with Crippen molar-refractivity contribution in [3.63, 3.8) is 0 Å². The standard InChI is InChI=1S/C26H28F2N4O2/c1-17(2)21-9-8-19(12-22(21)28)25(18-6-4-3-5-7-18)30-26(34)23-13-20(27)14-32(23)24(33)15-31-11-10-29-16-31/h3-12,16-17,20,23,25H,13-15H2,1-2H3,(H,30,34). The first-order valence-corrected chi connectivity index (χ1v) is 11.4. The van der Waals surface area contributed by atoms with Crippen LogP contribution in [0.3, 0.4) is 0 Å². The number of benzene rings is 2. The second-order valence-electron chi connectivity index (χ2n) is 8.92. The van der Waals surface area contributed by atoms with Crippen LogP contribution < -0.4 is 5.32 Å². The maximum Gasteiger partial charge on any atom is 0.243 e. The highest BCUT2D eigenvalue weighted by Gasteiger charge is 2.40. The van der Waals surface area contributed by atoms with Gasteiger partial charge in [0.25, 0.3) is 0 Å². The van der Waals surface area contributed by atoms with E-state index in [2.05, 4.69) is 10.3 Å². The van der Waals surface area contributed by atoms with Crippen LogP contribution in [0.2, 0.25) is 0 Å². The smallest absolute Gasteiger partial charge is 0.243 e. The molecule has 1 aromatic heterocycles. The van der Waals surface area contributed by atoms with Crippen LogP contribution in [0, 0.1) is 5.82 Å². The Morgan fingerprint density at radius 2 is 1.91 bits per heavy atom. The number of nitrogens with zero attached hydrogens (tertiary/aromatic N) is 3. The normalized spacial score (nSPS) is 18.8. The molecule has 0 bridgehead atoms. The van der Waals surface area contributed by atoms with Crippen LogP contribution in [0.4, 0.5) is 8.78 Å². The third-order valence-corrected chi connectivity index (χ3v) is 6.15. The van der Waals surface area contributed by atoms with Crippen molar-refractivity contribution in [3.05, 3.63) is 89.8 Å². The van der Waals surface area contributed by atoms with Crippen molar-refractivity contribution in [1.82, 2.24) is 19.8 Å². The molecule has 8 heteroatoms. The summed E-state index contributed by atoms with van der Waals surface area (Å²) in [5.74, 6) is -1.15. The monoisotopic (exact) mass is 466 g/mol. The molecule has 3 unspecified atom stereocenters. The molecule has 4 rings (SSSR count). The van der Waals surface area contributed by atoms with Gasteiger partial charge in [-0.15, -0.1) is 0 Å². The number of amides is 2. The van der Waals surface area contributed by atoms with Gasteiger partial charge in [0, 0.05) is 18.8 Å². The highest BCUT2D eigenvalue weighted by molar-refractivity contribution is 5.89. The molecule has 0 aliphatic carbocycles. The second kappa shape index (κ2) is 10.2. The highest BCUT2D eigenvalue weighted by atomic mass is 19.1. The number of imidazole rings is 1. The predicted octanol–water partition coefficient (Wildman–Crippen LogP) is 3.99. The third kappa shape index (κ3) is 5.16. The maximum absolute atomic E-state index is 14.8. The fourth-order valence-electron chi connectivity index (χ4n) is 4.37. The zero-order chi connectivity index (χ0) is 24.2. The van der Waals surface area contributed by atoms with E-state index < -0.39 is 24.2 Å². The largest absolute Gasteiger partial charge is 0.343 e. The minimum atomic E-state index is -1.29. The van der Waals surface area contributed by atoms with Crippen LogP contribution in [-0.2, 0) is 16.1 Å². The molecule has 3 aromatic rings. The van der Waals surface area contributed by atoms with E-state index in [1.54, 1.807) is 29.1 Å². The van der Waals surface area contributed by atoms with Crippen molar-refractivity contribution in [2.75, 3.05) is 6.54 Å². The summed E-state index contributed by atoms with van der Waals surface area (Å²) in [7, 11) is 0. The molecule has 6 nitrogen and oxygen atoms in total. The van der Waals surface area contributed by atoms with Gasteiger partial charge in [0.15, 0.2) is 0 Å². The Kier molecular flexibility index (Phi) is 7.05. The second-order valence-corrected chi connectivity index (χ2v) is 8.92. The summed E-state index contributed by atoms with van der Waals surface area (Å²) < 4.78 is 30.7. The zero-order valence-electron chi connectivity index (χ0n) is 19.2. The molecule has 0 radical (unpaired) electrons. The van der Waals surface area contributed by atoms with Crippen LogP contribution >= 0.6 is 0 Å². The van der Waals surface area contributed by atoms with Gasteiger partial charge in [-0.05, 0) is 28.7 Å². The molecule has 3 atom stereocenters. The summed E-state index contributed by atoms with van der Waals surface area (Å²) in [5, 5.41) is 2.95. The van der Waals surface area contributed by atoms with Crippen molar-refractivity contribution in [3.8, 4) is 0 Å². The number of nitrogens with one attached hydrogen (secondary N) is 1. The summed E-state index contributed by atoms with van der Waals surface area (Å²) in [6.45, 7) is 3.66. The number of hydrogen-bond donors (Lipinski definition) is 1. The van der Waals surface area contributed by atoms with Crippen molar-refractivity contribution in [2.45, 2.75) is 51.0 Å². The number of halogens is 2. The van der Waals surface area contributed by atoms with Gasteiger partial charge in [-0.1, -0.05) is 56.3 Å². The Labute approximate surface area is 197 Å². The van der Waals surface area contributed by atoms with Crippen LogP contribution in [0.5, 0.6) is 0 Å². The molecule has 1 aliphatic heterocycles. The van der Waals surface area contributed by atoms with E-state index in [1.165, 1.54) is 17.3 Å². The van der Waals surface area contributed by atoms with E-state index in [1.807, 2.05) is 44.2 Å². The summed E-state index contributed by atoms with van der Waals surface area (Å²) in [6, 6.07) is 12.6. The number of aromatic nitrogens is 2.